The molecule has 1 aliphatic heterocycles. The van der Waals surface area contributed by atoms with Gasteiger partial charge >= 0.3 is 5.97 Å². The largest absolute Gasteiger partial charge is 0.466 e. The van der Waals surface area contributed by atoms with Crippen molar-refractivity contribution in [1.82, 2.24) is 0 Å². The number of methoxy groups -OCH3 is 1. The Labute approximate surface area is 147 Å². The number of allylic oxidation sites excluding steroid dienone is 1. The van der Waals surface area contributed by atoms with E-state index in [1.165, 1.54) is 14.2 Å². The second kappa shape index (κ2) is 8.53. The summed E-state index contributed by atoms with van der Waals surface area (Å²) in [5, 5.41) is 11.3. The summed E-state index contributed by atoms with van der Waals surface area (Å²) >= 11 is 0. The molecule has 1 heterocycles. The summed E-state index contributed by atoms with van der Waals surface area (Å²) in [6.07, 6.45) is 2.63. The van der Waals surface area contributed by atoms with Crippen molar-refractivity contribution < 1.29 is 24.2 Å². The summed E-state index contributed by atoms with van der Waals surface area (Å²) in [4.78, 5) is 37.9. The zero-order valence-electron chi connectivity index (χ0n) is 15.2. The lowest BCUT2D eigenvalue weighted by atomic mass is 9.67. The maximum Gasteiger partial charge on any atom is 0.335 e. The van der Waals surface area contributed by atoms with Gasteiger partial charge in [0, 0.05) is 41.0 Å². The molecule has 140 valence electrons. The Kier molecular flexibility index (Phi) is 6.66. The van der Waals surface area contributed by atoms with E-state index in [9.17, 15) is 14.9 Å². The van der Waals surface area contributed by atoms with E-state index in [1.807, 2.05) is 6.92 Å². The fourth-order valence-corrected chi connectivity index (χ4v) is 4.15. The minimum absolute atomic E-state index is 0.00380. The number of nitro groups is 1. The maximum absolute atomic E-state index is 12.4. The van der Waals surface area contributed by atoms with E-state index < -0.39 is 12.0 Å². The first-order chi connectivity index (χ1) is 11.9. The van der Waals surface area contributed by atoms with Crippen LogP contribution in [-0.4, -0.2) is 43.5 Å². The first-order valence-electron chi connectivity index (χ1n) is 8.54. The van der Waals surface area contributed by atoms with Gasteiger partial charge < -0.3 is 4.74 Å². The topological polar surface area (TPSA) is 100 Å². The smallest absolute Gasteiger partial charge is 0.335 e. The average Bonchev–Trinajstić information content (AvgIpc) is 2.59. The normalized spacial score (nSPS) is 30.0. The van der Waals surface area contributed by atoms with E-state index in [-0.39, 0.29) is 29.3 Å². The Morgan fingerprint density at radius 2 is 2.04 bits per heavy atom. The Morgan fingerprint density at radius 3 is 2.64 bits per heavy atom. The van der Waals surface area contributed by atoms with E-state index in [0.29, 0.717) is 24.1 Å². The summed E-state index contributed by atoms with van der Waals surface area (Å²) in [5.41, 5.74) is 1.97. The minimum Gasteiger partial charge on any atom is -0.466 e. The molecule has 2 rings (SSSR count). The summed E-state index contributed by atoms with van der Waals surface area (Å²) < 4.78 is 4.97. The SMILES string of the molecule is COOCC1C(C)=NC(C)=C(C(=O)OC)C1C1CCCC([N+](=O)[O-])C1. The lowest BCUT2D eigenvalue weighted by Crippen LogP contribution is -2.41. The standard InChI is InChI=1S/C17H26N2O6/c1-10-14(9-25-24-4)16(15(11(2)18-10)17(20)23-3)12-6-5-7-13(8-12)19(21)22/h12-14,16H,5-9H2,1-4H3. The first kappa shape index (κ1) is 19.5. The van der Waals surface area contributed by atoms with Crippen molar-refractivity contribution in [2.24, 2.45) is 22.7 Å². The number of hydrogen-bond donors (Lipinski definition) is 0. The van der Waals surface area contributed by atoms with Crippen LogP contribution in [0.2, 0.25) is 0 Å². The predicted octanol–water partition coefficient (Wildman–Crippen LogP) is 2.55. The fourth-order valence-electron chi connectivity index (χ4n) is 4.15. The van der Waals surface area contributed by atoms with Crippen molar-refractivity contribution in [3.8, 4) is 0 Å². The molecule has 4 unspecified atom stereocenters. The summed E-state index contributed by atoms with van der Waals surface area (Å²) in [6.45, 7) is 3.91. The number of carbonyl (C=O) groups excluding carboxylic acids is 1. The van der Waals surface area contributed by atoms with Crippen LogP contribution in [0.3, 0.4) is 0 Å². The molecule has 0 saturated heterocycles. The van der Waals surface area contributed by atoms with Gasteiger partial charge in [0.15, 0.2) is 0 Å². The van der Waals surface area contributed by atoms with Crippen LogP contribution in [0.4, 0.5) is 0 Å². The highest BCUT2D eigenvalue weighted by Gasteiger charge is 2.44. The zero-order chi connectivity index (χ0) is 18.6. The Hall–Kier alpha value is -1.80. The van der Waals surface area contributed by atoms with Gasteiger partial charge in [-0.1, -0.05) is 0 Å². The third-order valence-corrected chi connectivity index (χ3v) is 5.30. The molecule has 8 nitrogen and oxygen atoms in total. The molecule has 1 fully saturated rings. The molecule has 4 atom stereocenters. The van der Waals surface area contributed by atoms with E-state index in [2.05, 4.69) is 4.99 Å². The summed E-state index contributed by atoms with van der Waals surface area (Å²) in [7, 11) is 2.77. The van der Waals surface area contributed by atoms with Gasteiger partial charge in [0.1, 0.15) is 0 Å². The fraction of sp³-hybridized carbons (Fsp3) is 0.765. The highest BCUT2D eigenvalue weighted by Crippen LogP contribution is 2.43. The maximum atomic E-state index is 12.4. The van der Waals surface area contributed by atoms with E-state index in [1.54, 1.807) is 6.92 Å². The van der Waals surface area contributed by atoms with Gasteiger partial charge in [0.2, 0.25) is 6.04 Å². The Bertz CT molecular complexity index is 586. The molecular weight excluding hydrogens is 328 g/mol. The van der Waals surface area contributed by atoms with Crippen LogP contribution in [-0.2, 0) is 19.3 Å². The van der Waals surface area contributed by atoms with Crippen molar-refractivity contribution in [2.45, 2.75) is 45.6 Å². The zero-order valence-corrected chi connectivity index (χ0v) is 15.2. The number of aliphatic imine (C=N–C) groups is 1. The van der Waals surface area contributed by atoms with Crippen molar-refractivity contribution in [1.29, 1.82) is 0 Å². The highest BCUT2D eigenvalue weighted by molar-refractivity contribution is 5.96. The molecule has 2 aliphatic rings. The van der Waals surface area contributed by atoms with Gasteiger partial charge in [-0.25, -0.2) is 14.6 Å². The van der Waals surface area contributed by atoms with E-state index in [4.69, 9.17) is 14.5 Å². The molecule has 8 heteroatoms. The van der Waals surface area contributed by atoms with Gasteiger partial charge in [-0.3, -0.25) is 15.1 Å². The predicted molar refractivity (Wildman–Crippen MR) is 90.5 cm³/mol. The molecule has 0 radical (unpaired) electrons. The molecule has 0 aromatic rings. The van der Waals surface area contributed by atoms with Gasteiger partial charge in [0.25, 0.3) is 0 Å². The number of ether oxygens (including phenoxy) is 1. The number of rotatable bonds is 6. The number of carbonyl (C=O) groups is 1. The highest BCUT2D eigenvalue weighted by atomic mass is 17.2. The molecule has 0 N–H and O–H groups in total. The molecule has 0 bridgehead atoms. The third kappa shape index (κ3) is 4.24. The summed E-state index contributed by atoms with van der Waals surface area (Å²) in [6, 6.07) is -0.568. The molecule has 1 saturated carbocycles. The first-order valence-corrected chi connectivity index (χ1v) is 8.54. The molecule has 0 aromatic heterocycles. The van der Waals surface area contributed by atoms with Crippen LogP contribution >= 0.6 is 0 Å². The van der Waals surface area contributed by atoms with Crippen molar-refractivity contribution in [2.75, 3.05) is 20.8 Å². The number of nitrogens with zero attached hydrogens (tertiary/aromatic N) is 2. The van der Waals surface area contributed by atoms with E-state index in [0.717, 1.165) is 18.6 Å². The Balaban J connectivity index is 2.39. The molecule has 0 amide bonds. The molecule has 0 aromatic carbocycles. The number of hydrogen-bond acceptors (Lipinski definition) is 7. The Morgan fingerprint density at radius 1 is 1.32 bits per heavy atom. The lowest BCUT2D eigenvalue weighted by molar-refractivity contribution is -0.528. The van der Waals surface area contributed by atoms with Gasteiger partial charge in [-0.2, -0.15) is 0 Å². The average molecular weight is 354 g/mol. The van der Waals surface area contributed by atoms with Crippen molar-refractivity contribution in [3.05, 3.63) is 21.4 Å². The molecule has 1 aliphatic carbocycles. The van der Waals surface area contributed by atoms with Crippen LogP contribution in [0.1, 0.15) is 39.5 Å². The second-order valence-corrected chi connectivity index (χ2v) is 6.69. The van der Waals surface area contributed by atoms with Gasteiger partial charge in [-0.05, 0) is 32.6 Å². The van der Waals surface area contributed by atoms with Crippen molar-refractivity contribution >= 4 is 11.7 Å². The quantitative estimate of drug-likeness (QED) is 0.314. The van der Waals surface area contributed by atoms with Crippen LogP contribution < -0.4 is 0 Å². The monoisotopic (exact) mass is 354 g/mol. The van der Waals surface area contributed by atoms with Gasteiger partial charge in [0.05, 0.1) is 26.4 Å². The minimum atomic E-state index is -0.568. The lowest BCUT2D eigenvalue weighted by Gasteiger charge is -2.39. The van der Waals surface area contributed by atoms with E-state index >= 15 is 0 Å². The number of esters is 1. The third-order valence-electron chi connectivity index (χ3n) is 5.30. The van der Waals surface area contributed by atoms with Crippen LogP contribution in [0.5, 0.6) is 0 Å². The van der Waals surface area contributed by atoms with Crippen molar-refractivity contribution in [3.63, 3.8) is 0 Å². The van der Waals surface area contributed by atoms with Gasteiger partial charge in [-0.15, -0.1) is 0 Å². The van der Waals surface area contributed by atoms with Crippen LogP contribution in [0.15, 0.2) is 16.3 Å². The van der Waals surface area contributed by atoms with Crippen LogP contribution in [0, 0.1) is 27.9 Å². The molecule has 0 spiro atoms. The molecular formula is C17H26N2O6. The molecule has 25 heavy (non-hydrogen) atoms. The summed E-state index contributed by atoms with van der Waals surface area (Å²) in [5.74, 6) is -0.815. The second-order valence-electron chi connectivity index (χ2n) is 6.69. The van der Waals surface area contributed by atoms with Crippen LogP contribution in [0.25, 0.3) is 0 Å².